The van der Waals surface area contributed by atoms with Crippen molar-refractivity contribution < 1.29 is 4.74 Å². The fourth-order valence-electron chi connectivity index (χ4n) is 1.39. The average Bonchev–Trinajstić information content (AvgIpc) is 2.30. The Labute approximate surface area is 100 Å². The number of ether oxygens (including phenoxy) is 1. The van der Waals surface area contributed by atoms with Crippen molar-refractivity contribution in [2.75, 3.05) is 6.26 Å². The summed E-state index contributed by atoms with van der Waals surface area (Å²) in [6, 6.07) is 15.8. The molecule has 0 atom stereocenters. The molecule has 0 amide bonds. The van der Waals surface area contributed by atoms with Crippen LogP contribution in [0.3, 0.4) is 0 Å². The second-order valence-corrected chi connectivity index (χ2v) is 4.30. The van der Waals surface area contributed by atoms with Crippen molar-refractivity contribution >= 4 is 11.8 Å². The maximum absolute atomic E-state index is 5.71. The van der Waals surface area contributed by atoms with Gasteiger partial charge < -0.3 is 4.74 Å². The number of thioether (sulfide) groups is 1. The normalized spacial score (nSPS) is 10.1. The summed E-state index contributed by atoms with van der Waals surface area (Å²) in [4.78, 5) is 1.23. The summed E-state index contributed by atoms with van der Waals surface area (Å²) >= 11 is 1.72. The molecule has 0 aliphatic rings. The first-order valence-electron chi connectivity index (χ1n) is 5.02. The monoisotopic (exact) mass is 229 g/mol. The Kier molecular flexibility index (Phi) is 3.52. The zero-order chi connectivity index (χ0) is 11.4. The molecule has 1 radical (unpaired) electrons. The highest BCUT2D eigenvalue weighted by molar-refractivity contribution is 7.98. The molecule has 0 heterocycles. The molecule has 0 unspecified atom stereocenters. The molecule has 0 N–H and O–H groups in total. The fraction of sp³-hybridized carbons (Fsp3) is 0.0714. The standard InChI is InChI=1S/C14H13OS/c1-11-4-3-5-13(10-11)15-12-6-8-14(16-2)9-7-12/h3-10H,1H2,2H3. The minimum atomic E-state index is 0.824. The lowest BCUT2D eigenvalue weighted by atomic mass is 10.2. The first-order chi connectivity index (χ1) is 7.78. The van der Waals surface area contributed by atoms with Gasteiger partial charge in [0.15, 0.2) is 0 Å². The van der Waals surface area contributed by atoms with E-state index in [4.69, 9.17) is 4.74 Å². The lowest BCUT2D eigenvalue weighted by Crippen LogP contribution is -1.84. The van der Waals surface area contributed by atoms with Gasteiger partial charge >= 0.3 is 0 Å². The van der Waals surface area contributed by atoms with E-state index in [1.54, 1.807) is 11.8 Å². The van der Waals surface area contributed by atoms with Gasteiger partial charge in [-0.15, -0.1) is 11.8 Å². The molecule has 2 aromatic carbocycles. The largest absolute Gasteiger partial charge is 0.457 e. The summed E-state index contributed by atoms with van der Waals surface area (Å²) in [7, 11) is 0. The van der Waals surface area contributed by atoms with Crippen LogP contribution < -0.4 is 4.74 Å². The Morgan fingerprint density at radius 2 is 1.75 bits per heavy atom. The van der Waals surface area contributed by atoms with Crippen molar-refractivity contribution in [1.82, 2.24) is 0 Å². The molecule has 2 aromatic rings. The van der Waals surface area contributed by atoms with Crippen LogP contribution in [0.1, 0.15) is 5.56 Å². The van der Waals surface area contributed by atoms with Gasteiger partial charge in [-0.2, -0.15) is 0 Å². The van der Waals surface area contributed by atoms with Crippen LogP contribution >= 0.6 is 11.8 Å². The smallest absolute Gasteiger partial charge is 0.127 e. The first-order valence-corrected chi connectivity index (χ1v) is 6.24. The first kappa shape index (κ1) is 11.1. The Hall–Kier alpha value is -1.41. The SMILES string of the molecule is [CH2]c1cccc(Oc2ccc(SC)cc2)c1. The second kappa shape index (κ2) is 5.08. The summed E-state index contributed by atoms with van der Waals surface area (Å²) in [6.45, 7) is 3.87. The minimum absolute atomic E-state index is 0.824. The zero-order valence-electron chi connectivity index (χ0n) is 9.14. The van der Waals surface area contributed by atoms with E-state index in [0.29, 0.717) is 0 Å². The van der Waals surface area contributed by atoms with E-state index in [2.05, 4.69) is 13.2 Å². The molecule has 0 fully saturated rings. The third-order valence-corrected chi connectivity index (χ3v) is 2.94. The third-order valence-electron chi connectivity index (χ3n) is 2.19. The van der Waals surface area contributed by atoms with E-state index in [9.17, 15) is 0 Å². The van der Waals surface area contributed by atoms with Gasteiger partial charge in [-0.3, -0.25) is 0 Å². The topological polar surface area (TPSA) is 9.23 Å². The van der Waals surface area contributed by atoms with Crippen molar-refractivity contribution in [1.29, 1.82) is 0 Å². The molecule has 81 valence electrons. The van der Waals surface area contributed by atoms with Gasteiger partial charge in [0, 0.05) is 4.90 Å². The lowest BCUT2D eigenvalue weighted by molar-refractivity contribution is 0.482. The Balaban J connectivity index is 2.14. The maximum Gasteiger partial charge on any atom is 0.127 e. The molecule has 2 heteroatoms. The van der Waals surface area contributed by atoms with Crippen LogP contribution in [0.4, 0.5) is 0 Å². The van der Waals surface area contributed by atoms with E-state index in [-0.39, 0.29) is 0 Å². The van der Waals surface area contributed by atoms with Crippen molar-refractivity contribution in [2.45, 2.75) is 4.90 Å². The zero-order valence-corrected chi connectivity index (χ0v) is 9.96. The van der Waals surface area contributed by atoms with Crippen molar-refractivity contribution in [3.63, 3.8) is 0 Å². The number of benzene rings is 2. The minimum Gasteiger partial charge on any atom is -0.457 e. The molecule has 1 nitrogen and oxygen atoms in total. The number of hydrogen-bond acceptors (Lipinski definition) is 2. The molecule has 0 bridgehead atoms. The third kappa shape index (κ3) is 2.80. The Morgan fingerprint density at radius 1 is 1.00 bits per heavy atom. The summed E-state index contributed by atoms with van der Waals surface area (Å²) in [5.41, 5.74) is 0.957. The van der Waals surface area contributed by atoms with Crippen LogP contribution in [0.25, 0.3) is 0 Å². The molecule has 16 heavy (non-hydrogen) atoms. The fourth-order valence-corrected chi connectivity index (χ4v) is 1.80. The van der Waals surface area contributed by atoms with E-state index < -0.39 is 0 Å². The van der Waals surface area contributed by atoms with Crippen LogP contribution in [-0.2, 0) is 0 Å². The molecule has 0 spiro atoms. The average molecular weight is 229 g/mol. The van der Waals surface area contributed by atoms with Crippen molar-refractivity contribution in [3.8, 4) is 11.5 Å². The van der Waals surface area contributed by atoms with E-state index >= 15 is 0 Å². The lowest BCUT2D eigenvalue weighted by Gasteiger charge is -2.06. The van der Waals surface area contributed by atoms with Gasteiger partial charge in [-0.05, 0) is 55.1 Å². The van der Waals surface area contributed by atoms with E-state index in [0.717, 1.165) is 17.1 Å². The number of rotatable bonds is 3. The summed E-state index contributed by atoms with van der Waals surface area (Å²) in [6.07, 6.45) is 2.06. The predicted molar refractivity (Wildman–Crippen MR) is 69.2 cm³/mol. The molecular formula is C14H13OS. The van der Waals surface area contributed by atoms with Crippen LogP contribution in [0.15, 0.2) is 53.4 Å². The Morgan fingerprint density at radius 3 is 2.38 bits per heavy atom. The number of hydrogen-bond donors (Lipinski definition) is 0. The van der Waals surface area contributed by atoms with Crippen LogP contribution in [-0.4, -0.2) is 6.26 Å². The Bertz CT molecular complexity index is 462. The van der Waals surface area contributed by atoms with Crippen LogP contribution in [0.5, 0.6) is 11.5 Å². The van der Waals surface area contributed by atoms with Crippen LogP contribution in [0, 0.1) is 6.92 Å². The summed E-state index contributed by atoms with van der Waals surface area (Å²) in [5.74, 6) is 1.67. The van der Waals surface area contributed by atoms with Crippen LogP contribution in [0.2, 0.25) is 0 Å². The molecular weight excluding hydrogens is 216 g/mol. The quantitative estimate of drug-likeness (QED) is 0.722. The summed E-state index contributed by atoms with van der Waals surface area (Å²) < 4.78 is 5.71. The molecule has 2 rings (SSSR count). The molecule has 0 aliphatic heterocycles. The van der Waals surface area contributed by atoms with Gasteiger partial charge in [0.25, 0.3) is 0 Å². The molecule has 0 saturated carbocycles. The molecule has 0 aromatic heterocycles. The van der Waals surface area contributed by atoms with Crippen molar-refractivity contribution in [2.24, 2.45) is 0 Å². The molecule has 0 saturated heterocycles. The second-order valence-electron chi connectivity index (χ2n) is 3.42. The van der Waals surface area contributed by atoms with E-state index in [1.807, 2.05) is 48.5 Å². The molecule has 0 aliphatic carbocycles. The van der Waals surface area contributed by atoms with Gasteiger partial charge in [-0.25, -0.2) is 0 Å². The maximum atomic E-state index is 5.71. The van der Waals surface area contributed by atoms with Gasteiger partial charge in [0.05, 0.1) is 0 Å². The van der Waals surface area contributed by atoms with Gasteiger partial charge in [-0.1, -0.05) is 12.1 Å². The highest BCUT2D eigenvalue weighted by Gasteiger charge is 1.97. The van der Waals surface area contributed by atoms with Gasteiger partial charge in [0.2, 0.25) is 0 Å². The predicted octanol–water partition coefficient (Wildman–Crippen LogP) is 4.38. The van der Waals surface area contributed by atoms with Gasteiger partial charge in [0.1, 0.15) is 11.5 Å². The van der Waals surface area contributed by atoms with Crippen molar-refractivity contribution in [3.05, 3.63) is 61.0 Å². The van der Waals surface area contributed by atoms with E-state index in [1.165, 1.54) is 4.90 Å². The summed E-state index contributed by atoms with van der Waals surface area (Å²) in [5, 5.41) is 0. The highest BCUT2D eigenvalue weighted by Crippen LogP contribution is 2.24. The highest BCUT2D eigenvalue weighted by atomic mass is 32.2.